The molecule has 1 aromatic heterocycles. The van der Waals surface area contributed by atoms with Gasteiger partial charge in [-0.1, -0.05) is 5.16 Å². The summed E-state index contributed by atoms with van der Waals surface area (Å²) in [7, 11) is 0. The van der Waals surface area contributed by atoms with E-state index in [-0.39, 0.29) is 23.1 Å². The highest BCUT2D eigenvalue weighted by atomic mass is 19.4. The standard InChI is InChI=1S/C19H13F6N3O2/c1-10-27-17(30-28-10)13-4-2-12(3-5-13)16(29)26-9-11-6-14(18(20,21)22)8-15(7-11)19(23,24)25/h2-8H,9H2,1H3,(H,26,29). The minimum atomic E-state index is -4.96. The van der Waals surface area contributed by atoms with Gasteiger partial charge in [-0.3, -0.25) is 4.79 Å². The average molecular weight is 429 g/mol. The van der Waals surface area contributed by atoms with E-state index in [1.807, 2.05) is 0 Å². The maximum atomic E-state index is 12.9. The van der Waals surface area contributed by atoms with Crippen LogP contribution in [0.25, 0.3) is 11.5 Å². The highest BCUT2D eigenvalue weighted by molar-refractivity contribution is 5.94. The zero-order valence-electron chi connectivity index (χ0n) is 15.2. The van der Waals surface area contributed by atoms with Crippen LogP contribution in [0.15, 0.2) is 47.0 Å². The van der Waals surface area contributed by atoms with Crippen molar-refractivity contribution in [3.63, 3.8) is 0 Å². The fourth-order valence-corrected chi connectivity index (χ4v) is 2.58. The number of carbonyl (C=O) groups is 1. The van der Waals surface area contributed by atoms with Crippen molar-refractivity contribution in [2.45, 2.75) is 25.8 Å². The van der Waals surface area contributed by atoms with E-state index < -0.39 is 35.9 Å². The van der Waals surface area contributed by atoms with Gasteiger partial charge in [0.25, 0.3) is 11.8 Å². The number of alkyl halides is 6. The molecule has 5 nitrogen and oxygen atoms in total. The topological polar surface area (TPSA) is 68.0 Å². The smallest absolute Gasteiger partial charge is 0.348 e. The second-order valence-corrected chi connectivity index (χ2v) is 6.32. The highest BCUT2D eigenvalue weighted by Crippen LogP contribution is 2.36. The summed E-state index contributed by atoms with van der Waals surface area (Å²) in [6.07, 6.45) is -9.91. The van der Waals surface area contributed by atoms with Gasteiger partial charge in [-0.25, -0.2) is 0 Å². The van der Waals surface area contributed by atoms with Crippen molar-refractivity contribution in [1.82, 2.24) is 15.5 Å². The number of benzene rings is 2. The predicted molar refractivity (Wildman–Crippen MR) is 92.1 cm³/mol. The Morgan fingerprint density at radius 3 is 2.00 bits per heavy atom. The van der Waals surface area contributed by atoms with E-state index in [2.05, 4.69) is 15.5 Å². The van der Waals surface area contributed by atoms with Crippen LogP contribution in [0, 0.1) is 6.92 Å². The third kappa shape index (κ3) is 4.97. The van der Waals surface area contributed by atoms with Crippen LogP contribution in [0.2, 0.25) is 0 Å². The van der Waals surface area contributed by atoms with Crippen LogP contribution in [0.5, 0.6) is 0 Å². The molecule has 30 heavy (non-hydrogen) atoms. The van der Waals surface area contributed by atoms with E-state index >= 15 is 0 Å². The summed E-state index contributed by atoms with van der Waals surface area (Å²) in [6.45, 7) is 1.11. The molecule has 3 rings (SSSR count). The number of nitrogens with zero attached hydrogens (tertiary/aromatic N) is 2. The molecule has 3 aromatic rings. The third-order valence-corrected chi connectivity index (χ3v) is 4.02. The molecule has 0 fully saturated rings. The molecular weight excluding hydrogens is 416 g/mol. The first kappa shape index (κ1) is 21.3. The lowest BCUT2D eigenvalue weighted by Crippen LogP contribution is -2.23. The second-order valence-electron chi connectivity index (χ2n) is 6.32. The van der Waals surface area contributed by atoms with Crippen molar-refractivity contribution >= 4 is 5.91 Å². The average Bonchev–Trinajstić information content (AvgIpc) is 3.11. The molecule has 158 valence electrons. The third-order valence-electron chi connectivity index (χ3n) is 4.02. The molecule has 0 aliphatic heterocycles. The van der Waals surface area contributed by atoms with Crippen LogP contribution < -0.4 is 5.32 Å². The number of rotatable bonds is 4. The summed E-state index contributed by atoms with van der Waals surface area (Å²) in [4.78, 5) is 16.3. The SMILES string of the molecule is Cc1noc(-c2ccc(C(=O)NCc3cc(C(F)(F)F)cc(C(F)(F)F)c3)cc2)n1. The normalized spacial score (nSPS) is 12.1. The zero-order valence-corrected chi connectivity index (χ0v) is 15.2. The summed E-state index contributed by atoms with van der Waals surface area (Å²) in [5, 5.41) is 5.95. The van der Waals surface area contributed by atoms with Gasteiger partial charge in [0.15, 0.2) is 5.82 Å². The Morgan fingerprint density at radius 1 is 0.967 bits per heavy atom. The Balaban J connectivity index is 1.75. The molecule has 0 radical (unpaired) electrons. The first-order valence-electron chi connectivity index (χ1n) is 8.41. The first-order chi connectivity index (χ1) is 13.9. The molecule has 1 heterocycles. The maximum Gasteiger partial charge on any atom is 0.416 e. The van der Waals surface area contributed by atoms with E-state index in [9.17, 15) is 31.1 Å². The number of halogens is 6. The van der Waals surface area contributed by atoms with Gasteiger partial charge in [0.1, 0.15) is 0 Å². The van der Waals surface area contributed by atoms with Crippen LogP contribution in [0.1, 0.15) is 32.9 Å². The number of aromatic nitrogens is 2. The molecule has 2 aromatic carbocycles. The van der Waals surface area contributed by atoms with Gasteiger partial charge >= 0.3 is 12.4 Å². The Bertz CT molecular complexity index is 1020. The van der Waals surface area contributed by atoms with Crippen molar-refractivity contribution < 1.29 is 35.7 Å². The van der Waals surface area contributed by atoms with Gasteiger partial charge in [0.05, 0.1) is 11.1 Å². The molecule has 0 saturated carbocycles. The minimum Gasteiger partial charge on any atom is -0.348 e. The first-order valence-corrected chi connectivity index (χ1v) is 8.41. The second kappa shape index (κ2) is 7.81. The molecule has 0 atom stereocenters. The van der Waals surface area contributed by atoms with Crippen molar-refractivity contribution in [3.8, 4) is 11.5 Å². The lowest BCUT2D eigenvalue weighted by molar-refractivity contribution is -0.143. The van der Waals surface area contributed by atoms with Gasteiger partial charge in [0, 0.05) is 17.7 Å². The Labute approximate surface area is 165 Å². The fraction of sp³-hybridized carbons (Fsp3) is 0.211. The predicted octanol–water partition coefficient (Wildman–Crippen LogP) is 5.01. The Morgan fingerprint density at radius 2 is 1.53 bits per heavy atom. The molecule has 1 N–H and O–H groups in total. The van der Waals surface area contributed by atoms with Gasteiger partial charge < -0.3 is 9.84 Å². The lowest BCUT2D eigenvalue weighted by atomic mass is 10.0. The number of carbonyl (C=O) groups excluding carboxylic acids is 1. The molecule has 0 spiro atoms. The van der Waals surface area contributed by atoms with Crippen LogP contribution in [-0.2, 0) is 18.9 Å². The number of nitrogens with one attached hydrogen (secondary N) is 1. The van der Waals surface area contributed by atoms with Crippen molar-refractivity contribution in [1.29, 1.82) is 0 Å². The van der Waals surface area contributed by atoms with E-state index in [0.29, 0.717) is 23.5 Å². The molecule has 0 saturated heterocycles. The molecule has 0 bridgehead atoms. The van der Waals surface area contributed by atoms with Gasteiger partial charge in [0.2, 0.25) is 0 Å². The summed E-state index contributed by atoms with van der Waals surface area (Å²) >= 11 is 0. The van der Waals surface area contributed by atoms with Gasteiger partial charge in [-0.15, -0.1) is 0 Å². The summed E-state index contributed by atoms with van der Waals surface area (Å²) in [5.41, 5.74) is -2.53. The molecule has 0 aliphatic carbocycles. The van der Waals surface area contributed by atoms with Crippen molar-refractivity contribution in [2.24, 2.45) is 0 Å². The fourth-order valence-electron chi connectivity index (χ4n) is 2.58. The van der Waals surface area contributed by atoms with Gasteiger partial charge in [-0.05, 0) is 55.0 Å². The van der Waals surface area contributed by atoms with Crippen LogP contribution in [0.4, 0.5) is 26.3 Å². The largest absolute Gasteiger partial charge is 0.416 e. The molecule has 0 unspecified atom stereocenters. The van der Waals surface area contributed by atoms with E-state index in [0.717, 1.165) is 0 Å². The lowest BCUT2D eigenvalue weighted by Gasteiger charge is -2.14. The van der Waals surface area contributed by atoms with Crippen LogP contribution in [0.3, 0.4) is 0 Å². The monoisotopic (exact) mass is 429 g/mol. The Kier molecular flexibility index (Phi) is 5.55. The molecule has 11 heteroatoms. The number of aryl methyl sites for hydroxylation is 1. The highest BCUT2D eigenvalue weighted by Gasteiger charge is 2.36. The summed E-state index contributed by atoms with van der Waals surface area (Å²) in [6, 6.07) is 7.03. The minimum absolute atomic E-state index is 0.0310. The van der Waals surface area contributed by atoms with E-state index in [1.165, 1.54) is 24.3 Å². The summed E-state index contributed by atoms with van der Waals surface area (Å²) < 4.78 is 82.4. The van der Waals surface area contributed by atoms with Crippen LogP contribution >= 0.6 is 0 Å². The van der Waals surface area contributed by atoms with Crippen molar-refractivity contribution in [3.05, 3.63) is 70.5 Å². The van der Waals surface area contributed by atoms with E-state index in [4.69, 9.17) is 4.52 Å². The molecule has 0 aliphatic rings. The van der Waals surface area contributed by atoms with Crippen molar-refractivity contribution in [2.75, 3.05) is 0 Å². The zero-order chi connectivity index (χ0) is 22.1. The quantitative estimate of drug-likeness (QED) is 0.592. The van der Waals surface area contributed by atoms with Crippen LogP contribution in [-0.4, -0.2) is 16.0 Å². The number of hydrogen-bond acceptors (Lipinski definition) is 4. The molecular formula is C19H13F6N3O2. The summed E-state index contributed by atoms with van der Waals surface area (Å²) in [5.74, 6) is -0.0107. The van der Waals surface area contributed by atoms with Gasteiger partial charge in [-0.2, -0.15) is 31.3 Å². The number of hydrogen-bond donors (Lipinski definition) is 1. The Hall–Kier alpha value is -3.37. The van der Waals surface area contributed by atoms with E-state index in [1.54, 1.807) is 6.92 Å². The molecule has 1 amide bonds. The maximum absolute atomic E-state index is 12.9. The number of amides is 1.